The third-order valence-corrected chi connectivity index (χ3v) is 1.33. The van der Waals surface area contributed by atoms with E-state index in [0.29, 0.717) is 0 Å². The highest BCUT2D eigenvalue weighted by molar-refractivity contribution is 5.75. The van der Waals surface area contributed by atoms with E-state index >= 15 is 0 Å². The summed E-state index contributed by atoms with van der Waals surface area (Å²) in [6, 6.07) is 0.727. The van der Waals surface area contributed by atoms with Crippen molar-refractivity contribution in [3.63, 3.8) is 0 Å². The Morgan fingerprint density at radius 1 is 1.50 bits per heavy atom. The summed E-state index contributed by atoms with van der Waals surface area (Å²) < 4.78 is 36.3. The molecule has 0 aromatic carbocycles. The first-order valence-corrected chi connectivity index (χ1v) is 3.57. The lowest BCUT2D eigenvalue weighted by atomic mass is 10.3. The van der Waals surface area contributed by atoms with Crippen LogP contribution >= 0.6 is 0 Å². The van der Waals surface area contributed by atoms with Gasteiger partial charge in [-0.25, -0.2) is 9.97 Å². The topological polar surface area (TPSA) is 68.9 Å². The van der Waals surface area contributed by atoms with Gasteiger partial charge < -0.3 is 5.73 Å². The van der Waals surface area contributed by atoms with Gasteiger partial charge in [0.1, 0.15) is 11.5 Å². The number of amides is 1. The number of hydrogen-bond donors (Lipinski definition) is 1. The van der Waals surface area contributed by atoms with Crippen LogP contribution in [0.3, 0.4) is 0 Å². The maximum absolute atomic E-state index is 12.1. The van der Waals surface area contributed by atoms with Gasteiger partial charge in [-0.05, 0) is 6.07 Å². The molecule has 14 heavy (non-hydrogen) atoms. The molecule has 76 valence electrons. The van der Waals surface area contributed by atoms with Crippen LogP contribution in [-0.2, 0) is 17.4 Å². The second-order valence-electron chi connectivity index (χ2n) is 2.50. The van der Waals surface area contributed by atoms with Crippen LogP contribution in [0, 0.1) is 0 Å². The average Bonchev–Trinajstić information content (AvgIpc) is 2.01. The molecule has 0 fully saturated rings. The zero-order chi connectivity index (χ0) is 10.8. The summed E-state index contributed by atoms with van der Waals surface area (Å²) in [5.74, 6) is -1.00. The molecule has 0 spiro atoms. The van der Waals surface area contributed by atoms with E-state index in [-0.39, 0.29) is 5.82 Å². The van der Waals surface area contributed by atoms with E-state index in [4.69, 9.17) is 5.73 Å². The molecule has 0 bridgehead atoms. The molecule has 0 aliphatic heterocycles. The highest BCUT2D eigenvalue weighted by Crippen LogP contribution is 2.26. The number of halogens is 3. The van der Waals surface area contributed by atoms with Crippen molar-refractivity contribution >= 4 is 5.91 Å². The van der Waals surface area contributed by atoms with Crippen molar-refractivity contribution in [1.29, 1.82) is 0 Å². The van der Waals surface area contributed by atoms with Gasteiger partial charge in [-0.15, -0.1) is 0 Å². The van der Waals surface area contributed by atoms with Gasteiger partial charge in [0.15, 0.2) is 0 Å². The van der Waals surface area contributed by atoms with Gasteiger partial charge in [-0.1, -0.05) is 0 Å². The zero-order valence-electron chi connectivity index (χ0n) is 6.88. The maximum Gasteiger partial charge on any atom is 0.433 e. The Kier molecular flexibility index (Phi) is 2.68. The smallest absolute Gasteiger partial charge is 0.369 e. The summed E-state index contributed by atoms with van der Waals surface area (Å²) in [7, 11) is 0. The number of aromatic nitrogens is 2. The molecule has 0 aliphatic carbocycles. The fourth-order valence-electron chi connectivity index (χ4n) is 0.798. The van der Waals surface area contributed by atoms with Gasteiger partial charge in [0.25, 0.3) is 0 Å². The highest BCUT2D eigenvalue weighted by Gasteiger charge is 2.32. The minimum absolute atomic E-state index is 0.229. The van der Waals surface area contributed by atoms with E-state index in [1.165, 1.54) is 0 Å². The van der Waals surface area contributed by atoms with Gasteiger partial charge in [0.05, 0.1) is 6.42 Å². The van der Waals surface area contributed by atoms with Gasteiger partial charge in [-0.3, -0.25) is 4.79 Å². The minimum atomic E-state index is -4.53. The Morgan fingerprint density at radius 2 is 2.14 bits per heavy atom. The average molecular weight is 205 g/mol. The third kappa shape index (κ3) is 2.68. The Hall–Kier alpha value is -1.66. The van der Waals surface area contributed by atoms with Crippen LogP contribution < -0.4 is 5.73 Å². The first-order valence-electron chi connectivity index (χ1n) is 3.57. The molecule has 0 radical (unpaired) electrons. The standard InChI is InChI=1S/C7H6F3N3O/c8-7(9,10)4-1-2-12-6(13-4)3-5(11)14/h1-2H,3H2,(H2,11,14). The lowest BCUT2D eigenvalue weighted by Crippen LogP contribution is -2.17. The number of primary amides is 1. The maximum atomic E-state index is 12.1. The van der Waals surface area contributed by atoms with Gasteiger partial charge in [0.2, 0.25) is 5.91 Å². The third-order valence-electron chi connectivity index (χ3n) is 1.33. The first kappa shape index (κ1) is 10.4. The number of nitrogens with zero attached hydrogens (tertiary/aromatic N) is 2. The number of nitrogens with two attached hydrogens (primary N) is 1. The Morgan fingerprint density at radius 3 is 2.64 bits per heavy atom. The van der Waals surface area contributed by atoms with Crippen molar-refractivity contribution in [2.24, 2.45) is 5.73 Å². The van der Waals surface area contributed by atoms with Crippen molar-refractivity contribution in [3.8, 4) is 0 Å². The molecule has 1 amide bonds. The van der Waals surface area contributed by atoms with Gasteiger partial charge >= 0.3 is 6.18 Å². The molecule has 1 aromatic heterocycles. The van der Waals surface area contributed by atoms with E-state index in [1.807, 2.05) is 0 Å². The lowest BCUT2D eigenvalue weighted by molar-refractivity contribution is -0.141. The van der Waals surface area contributed by atoms with Crippen molar-refractivity contribution < 1.29 is 18.0 Å². The van der Waals surface area contributed by atoms with Gasteiger partial charge in [0, 0.05) is 6.20 Å². The summed E-state index contributed by atoms with van der Waals surface area (Å²) in [5.41, 5.74) is 3.70. The van der Waals surface area contributed by atoms with Crippen LogP contribution in [0.1, 0.15) is 11.5 Å². The summed E-state index contributed by atoms with van der Waals surface area (Å²) in [6.07, 6.45) is -3.99. The van der Waals surface area contributed by atoms with Crippen molar-refractivity contribution in [2.45, 2.75) is 12.6 Å². The number of carbonyl (C=O) groups is 1. The van der Waals surface area contributed by atoms with Crippen LogP contribution in [-0.4, -0.2) is 15.9 Å². The summed E-state index contributed by atoms with van der Waals surface area (Å²) >= 11 is 0. The minimum Gasteiger partial charge on any atom is -0.369 e. The fraction of sp³-hybridized carbons (Fsp3) is 0.286. The Balaban J connectivity index is 2.95. The number of carbonyl (C=O) groups excluding carboxylic acids is 1. The number of hydrogen-bond acceptors (Lipinski definition) is 3. The highest BCUT2D eigenvalue weighted by atomic mass is 19.4. The summed E-state index contributed by atoms with van der Waals surface area (Å²) in [4.78, 5) is 17.0. The molecule has 1 rings (SSSR count). The molecule has 0 aliphatic rings. The molecule has 0 saturated carbocycles. The summed E-state index contributed by atoms with van der Waals surface area (Å²) in [6.45, 7) is 0. The fourth-order valence-corrected chi connectivity index (χ4v) is 0.798. The zero-order valence-corrected chi connectivity index (χ0v) is 6.88. The van der Waals surface area contributed by atoms with Crippen LogP contribution in [0.5, 0.6) is 0 Å². The Bertz CT molecular complexity index is 350. The summed E-state index contributed by atoms with van der Waals surface area (Å²) in [5, 5.41) is 0. The van der Waals surface area contributed by atoms with Crippen LogP contribution in [0.4, 0.5) is 13.2 Å². The second kappa shape index (κ2) is 3.60. The van der Waals surface area contributed by atoms with Gasteiger partial charge in [-0.2, -0.15) is 13.2 Å². The normalized spacial score (nSPS) is 11.4. The monoisotopic (exact) mass is 205 g/mol. The lowest BCUT2D eigenvalue weighted by Gasteiger charge is -2.05. The molecule has 4 nitrogen and oxygen atoms in total. The first-order chi connectivity index (χ1) is 6.39. The predicted octanol–water partition coefficient (Wildman–Crippen LogP) is 0.523. The quantitative estimate of drug-likeness (QED) is 0.765. The SMILES string of the molecule is NC(=O)Cc1nccc(C(F)(F)F)n1. The number of alkyl halides is 3. The van der Waals surface area contributed by atoms with E-state index in [0.717, 1.165) is 12.3 Å². The molecular formula is C7H6F3N3O. The molecule has 0 unspecified atom stereocenters. The van der Waals surface area contributed by atoms with E-state index < -0.39 is 24.2 Å². The molecule has 0 atom stereocenters. The molecule has 1 heterocycles. The number of rotatable bonds is 2. The van der Waals surface area contributed by atoms with Crippen molar-refractivity contribution in [3.05, 3.63) is 23.8 Å². The molecule has 1 aromatic rings. The van der Waals surface area contributed by atoms with E-state index in [9.17, 15) is 18.0 Å². The molecular weight excluding hydrogens is 199 g/mol. The molecule has 0 saturated heterocycles. The molecule has 7 heteroatoms. The molecule has 2 N–H and O–H groups in total. The van der Waals surface area contributed by atoms with Crippen molar-refractivity contribution in [1.82, 2.24) is 9.97 Å². The van der Waals surface area contributed by atoms with Crippen LogP contribution in [0.25, 0.3) is 0 Å². The second-order valence-corrected chi connectivity index (χ2v) is 2.50. The predicted molar refractivity (Wildman–Crippen MR) is 39.9 cm³/mol. The van der Waals surface area contributed by atoms with Crippen LogP contribution in [0.2, 0.25) is 0 Å². The van der Waals surface area contributed by atoms with Crippen molar-refractivity contribution in [2.75, 3.05) is 0 Å². The largest absolute Gasteiger partial charge is 0.433 e. The van der Waals surface area contributed by atoms with Crippen LogP contribution in [0.15, 0.2) is 12.3 Å². The van der Waals surface area contributed by atoms with E-state index in [2.05, 4.69) is 9.97 Å². The Labute approximate surface area is 77.0 Å². The van der Waals surface area contributed by atoms with E-state index in [1.54, 1.807) is 0 Å².